The summed E-state index contributed by atoms with van der Waals surface area (Å²) in [6, 6.07) is 6.76. The minimum atomic E-state index is -0.889. The molecule has 2 rings (SSSR count). The average Bonchev–Trinajstić information content (AvgIpc) is 2.81. The molecule has 8 nitrogen and oxygen atoms in total. The molecule has 1 aromatic carbocycles. The fraction of sp³-hybridized carbons (Fsp3) is 0.630. The van der Waals surface area contributed by atoms with E-state index in [1.54, 1.807) is 6.92 Å². The first-order valence-electron chi connectivity index (χ1n) is 12.7. The summed E-state index contributed by atoms with van der Waals surface area (Å²) in [5, 5.41) is 8.26. The molecule has 0 aliphatic carbocycles. The molecule has 0 unspecified atom stereocenters. The lowest BCUT2D eigenvalue weighted by Crippen LogP contribution is -2.55. The lowest BCUT2D eigenvalue weighted by atomic mass is 9.95. The second-order valence-corrected chi connectivity index (χ2v) is 10.0. The van der Waals surface area contributed by atoms with Gasteiger partial charge in [-0.15, -0.1) is 0 Å². The van der Waals surface area contributed by atoms with Crippen LogP contribution in [0.2, 0.25) is 0 Å². The highest BCUT2D eigenvalue weighted by Gasteiger charge is 2.33. The maximum absolute atomic E-state index is 13.1. The molecule has 1 heterocycles. The summed E-state index contributed by atoms with van der Waals surface area (Å²) in [5.74, 6) is -1.76. The number of hydrogen-bond donors (Lipinski definition) is 3. The maximum atomic E-state index is 13.1. The Kier molecular flexibility index (Phi) is 11.2. The van der Waals surface area contributed by atoms with Crippen LogP contribution in [0.4, 0.5) is 0 Å². The molecular formula is C27H41N3O5. The molecule has 0 aromatic heterocycles. The van der Waals surface area contributed by atoms with Crippen molar-refractivity contribution in [1.82, 2.24) is 16.0 Å². The van der Waals surface area contributed by atoms with E-state index < -0.39 is 42.0 Å². The molecule has 0 spiro atoms. The van der Waals surface area contributed by atoms with Gasteiger partial charge in [0.2, 0.25) is 17.7 Å². The number of benzene rings is 1. The summed E-state index contributed by atoms with van der Waals surface area (Å²) < 4.78 is 5.85. The minimum Gasteiger partial charge on any atom is -0.460 e. The number of nitrogens with one attached hydrogen (secondary N) is 3. The summed E-state index contributed by atoms with van der Waals surface area (Å²) in [4.78, 5) is 52.1. The largest absolute Gasteiger partial charge is 0.460 e. The number of amides is 3. The summed E-state index contributed by atoms with van der Waals surface area (Å²) in [5.41, 5.74) is 0.880. The van der Waals surface area contributed by atoms with Gasteiger partial charge in [0.15, 0.2) is 0 Å². The van der Waals surface area contributed by atoms with Crippen LogP contribution in [0.15, 0.2) is 30.3 Å². The first-order chi connectivity index (χ1) is 16.6. The van der Waals surface area contributed by atoms with E-state index in [9.17, 15) is 19.2 Å². The molecule has 194 valence electrons. The normalized spacial score (nSPS) is 25.3. The van der Waals surface area contributed by atoms with E-state index in [1.165, 1.54) is 0 Å². The molecule has 35 heavy (non-hydrogen) atoms. The Bertz CT molecular complexity index is 858. The fourth-order valence-electron chi connectivity index (χ4n) is 4.16. The quantitative estimate of drug-likeness (QED) is 0.488. The maximum Gasteiger partial charge on any atom is 0.328 e. The van der Waals surface area contributed by atoms with Gasteiger partial charge in [0.25, 0.3) is 0 Å². The number of carbonyl (C=O) groups is 4. The Balaban J connectivity index is 2.35. The Labute approximate surface area is 208 Å². The predicted octanol–water partition coefficient (Wildman–Crippen LogP) is 2.89. The minimum absolute atomic E-state index is 0.0485. The van der Waals surface area contributed by atoms with Crippen LogP contribution in [0.1, 0.15) is 72.3 Å². The van der Waals surface area contributed by atoms with Crippen molar-refractivity contribution in [2.45, 2.75) is 97.4 Å². The molecule has 5 atom stereocenters. The standard InChI is InChI=1S/C27H41N3O5/c1-6-7-11-18(4)23-16-24(31)29-21(15-20-12-9-8-10-13-20)26(33)28-19(5)25(32)30-22(14-17(2)3)27(34)35-23/h8-10,12-13,17-19,21-23H,6-7,11,14-16H2,1-5H3,(H,28,33)(H,29,31)(H,30,32)/t18-,19+,21-,22+,23-/m0/s1. The fourth-order valence-corrected chi connectivity index (χ4v) is 4.16. The van der Waals surface area contributed by atoms with Gasteiger partial charge in [-0.3, -0.25) is 14.4 Å². The van der Waals surface area contributed by atoms with Crippen LogP contribution in [-0.4, -0.2) is 47.9 Å². The van der Waals surface area contributed by atoms with Crippen LogP contribution in [-0.2, 0) is 30.3 Å². The van der Waals surface area contributed by atoms with E-state index in [1.807, 2.05) is 51.1 Å². The lowest BCUT2D eigenvalue weighted by Gasteiger charge is -2.27. The zero-order valence-corrected chi connectivity index (χ0v) is 21.6. The zero-order valence-electron chi connectivity index (χ0n) is 21.6. The van der Waals surface area contributed by atoms with E-state index in [2.05, 4.69) is 22.9 Å². The second-order valence-electron chi connectivity index (χ2n) is 10.0. The summed E-state index contributed by atoms with van der Waals surface area (Å²) in [6.07, 6.45) is 2.70. The third-order valence-electron chi connectivity index (χ3n) is 6.30. The number of carbonyl (C=O) groups excluding carboxylic acids is 4. The predicted molar refractivity (Wildman–Crippen MR) is 134 cm³/mol. The van der Waals surface area contributed by atoms with Crippen LogP contribution >= 0.6 is 0 Å². The van der Waals surface area contributed by atoms with Crippen molar-refractivity contribution in [2.75, 3.05) is 0 Å². The van der Waals surface area contributed by atoms with Gasteiger partial charge >= 0.3 is 5.97 Å². The molecule has 1 aromatic rings. The van der Waals surface area contributed by atoms with E-state index >= 15 is 0 Å². The van der Waals surface area contributed by atoms with Gasteiger partial charge < -0.3 is 20.7 Å². The molecule has 0 radical (unpaired) electrons. The van der Waals surface area contributed by atoms with Gasteiger partial charge in [0.05, 0.1) is 6.42 Å². The number of hydrogen-bond acceptors (Lipinski definition) is 5. The summed E-state index contributed by atoms with van der Waals surface area (Å²) in [7, 11) is 0. The van der Waals surface area contributed by atoms with E-state index in [-0.39, 0.29) is 30.6 Å². The molecule has 1 fully saturated rings. The topological polar surface area (TPSA) is 114 Å². The molecule has 0 saturated carbocycles. The van der Waals surface area contributed by atoms with Gasteiger partial charge in [-0.05, 0) is 37.2 Å². The average molecular weight is 488 g/mol. The first-order valence-corrected chi connectivity index (χ1v) is 12.7. The van der Waals surface area contributed by atoms with Crippen molar-refractivity contribution >= 4 is 23.7 Å². The highest BCUT2D eigenvalue weighted by molar-refractivity contribution is 5.94. The number of esters is 1. The van der Waals surface area contributed by atoms with Gasteiger partial charge in [-0.2, -0.15) is 0 Å². The van der Waals surface area contributed by atoms with Crippen molar-refractivity contribution in [3.05, 3.63) is 35.9 Å². The summed E-state index contributed by atoms with van der Waals surface area (Å²) >= 11 is 0. The van der Waals surface area contributed by atoms with E-state index in [0.29, 0.717) is 6.42 Å². The highest BCUT2D eigenvalue weighted by Crippen LogP contribution is 2.20. The van der Waals surface area contributed by atoms with Crippen LogP contribution in [0.3, 0.4) is 0 Å². The third kappa shape index (κ3) is 9.34. The van der Waals surface area contributed by atoms with Gasteiger partial charge in [0, 0.05) is 6.42 Å². The van der Waals surface area contributed by atoms with Crippen LogP contribution in [0.5, 0.6) is 0 Å². The van der Waals surface area contributed by atoms with Crippen LogP contribution < -0.4 is 16.0 Å². The Hall–Kier alpha value is -2.90. The summed E-state index contributed by atoms with van der Waals surface area (Å²) in [6.45, 7) is 9.51. The molecule has 1 aliphatic heterocycles. The molecule has 1 aliphatic rings. The number of rotatable bonds is 8. The van der Waals surface area contributed by atoms with Crippen molar-refractivity contribution < 1.29 is 23.9 Å². The molecular weight excluding hydrogens is 446 g/mol. The smallest absolute Gasteiger partial charge is 0.328 e. The monoisotopic (exact) mass is 487 g/mol. The van der Waals surface area contributed by atoms with E-state index in [0.717, 1.165) is 24.8 Å². The zero-order chi connectivity index (χ0) is 26.0. The molecule has 1 saturated heterocycles. The SMILES string of the molecule is CCCC[C@H](C)[C@@H]1CC(=O)N[C@@H](Cc2ccccc2)C(=O)N[C@H](C)C(=O)N[C@H](CC(C)C)C(=O)O1. The Morgan fingerprint density at radius 1 is 0.943 bits per heavy atom. The van der Waals surface area contributed by atoms with Crippen molar-refractivity contribution in [1.29, 1.82) is 0 Å². The second kappa shape index (κ2) is 13.9. The van der Waals surface area contributed by atoms with Gasteiger partial charge in [0.1, 0.15) is 24.2 Å². The van der Waals surface area contributed by atoms with Crippen LogP contribution in [0.25, 0.3) is 0 Å². The number of unbranched alkanes of at least 4 members (excludes halogenated alkanes) is 1. The van der Waals surface area contributed by atoms with Gasteiger partial charge in [-0.25, -0.2) is 4.79 Å². The molecule has 3 N–H and O–H groups in total. The third-order valence-corrected chi connectivity index (χ3v) is 6.30. The Morgan fingerprint density at radius 2 is 1.63 bits per heavy atom. The van der Waals surface area contributed by atoms with E-state index in [4.69, 9.17) is 4.74 Å². The van der Waals surface area contributed by atoms with Crippen LogP contribution in [0, 0.1) is 11.8 Å². The highest BCUT2D eigenvalue weighted by atomic mass is 16.5. The molecule has 8 heteroatoms. The number of cyclic esters (lactones) is 1. The Morgan fingerprint density at radius 3 is 2.26 bits per heavy atom. The number of ether oxygens (including phenoxy) is 1. The van der Waals surface area contributed by atoms with Crippen molar-refractivity contribution in [2.24, 2.45) is 11.8 Å². The van der Waals surface area contributed by atoms with Gasteiger partial charge in [-0.1, -0.05) is 70.9 Å². The first kappa shape index (κ1) is 28.3. The van der Waals surface area contributed by atoms with Crippen molar-refractivity contribution in [3.63, 3.8) is 0 Å². The molecule has 3 amide bonds. The lowest BCUT2D eigenvalue weighted by molar-refractivity contribution is -0.157. The van der Waals surface area contributed by atoms with Crippen molar-refractivity contribution in [3.8, 4) is 0 Å². The molecule has 0 bridgehead atoms.